The molecule has 180 valence electrons. The zero-order valence-corrected chi connectivity index (χ0v) is 20.9. The number of benzene rings is 2. The lowest BCUT2D eigenvalue weighted by molar-refractivity contribution is -0.136. The maximum absolute atomic E-state index is 12.7. The number of nitrogens with zero attached hydrogens (tertiary/aromatic N) is 2. The molecule has 0 unspecified atom stereocenters. The summed E-state index contributed by atoms with van der Waals surface area (Å²) in [6.07, 6.45) is 6.96. The number of aromatic nitrogens is 2. The number of ether oxygens (including phenoxy) is 3. The molecule has 1 aromatic heterocycles. The quantitative estimate of drug-likeness (QED) is 0.257. The summed E-state index contributed by atoms with van der Waals surface area (Å²) in [5.74, 6) is 1.81. The van der Waals surface area contributed by atoms with Crippen LogP contribution in [0.15, 0.2) is 54.2 Å². The van der Waals surface area contributed by atoms with Gasteiger partial charge in [-0.1, -0.05) is 49.2 Å². The summed E-state index contributed by atoms with van der Waals surface area (Å²) in [4.78, 5) is 17.4. The molecule has 0 bridgehead atoms. The third-order valence-electron chi connectivity index (χ3n) is 5.62. The van der Waals surface area contributed by atoms with Gasteiger partial charge in [-0.3, -0.25) is 0 Å². The van der Waals surface area contributed by atoms with Gasteiger partial charge in [0, 0.05) is 23.4 Å². The normalized spacial score (nSPS) is 11.4. The monoisotopic (exact) mass is 482 g/mol. The lowest BCUT2D eigenvalue weighted by atomic mass is 10.0. The second kappa shape index (κ2) is 12.3. The molecule has 0 N–H and O–H groups in total. The van der Waals surface area contributed by atoms with Gasteiger partial charge < -0.3 is 18.8 Å². The van der Waals surface area contributed by atoms with E-state index < -0.39 is 5.97 Å². The van der Waals surface area contributed by atoms with E-state index in [2.05, 4.69) is 16.5 Å². The van der Waals surface area contributed by atoms with E-state index >= 15 is 0 Å². The number of carbonyl (C=O) groups is 1. The van der Waals surface area contributed by atoms with Gasteiger partial charge in [-0.05, 0) is 41.8 Å². The Morgan fingerprint density at radius 2 is 1.85 bits per heavy atom. The summed E-state index contributed by atoms with van der Waals surface area (Å²) < 4.78 is 18.0. The fourth-order valence-electron chi connectivity index (χ4n) is 3.76. The molecule has 7 heteroatoms. The second-order valence-electron chi connectivity index (χ2n) is 7.91. The molecular formula is C27H31ClN2O4. The van der Waals surface area contributed by atoms with Crippen molar-refractivity contribution in [3.05, 3.63) is 81.9 Å². The van der Waals surface area contributed by atoms with E-state index in [-0.39, 0.29) is 0 Å². The summed E-state index contributed by atoms with van der Waals surface area (Å²) in [5, 5.41) is 0.700. The number of esters is 1. The molecule has 6 nitrogen and oxygen atoms in total. The van der Waals surface area contributed by atoms with Crippen molar-refractivity contribution in [2.24, 2.45) is 0 Å². The molecule has 0 aliphatic carbocycles. The van der Waals surface area contributed by atoms with E-state index in [1.807, 2.05) is 48.5 Å². The fourth-order valence-corrected chi connectivity index (χ4v) is 3.96. The van der Waals surface area contributed by atoms with Crippen LogP contribution >= 0.6 is 11.6 Å². The smallest absolute Gasteiger partial charge is 0.334 e. The second-order valence-corrected chi connectivity index (χ2v) is 8.31. The Bertz CT molecular complexity index is 1150. The maximum atomic E-state index is 12.7. The topological polar surface area (TPSA) is 62.6 Å². The maximum Gasteiger partial charge on any atom is 0.334 e. The van der Waals surface area contributed by atoms with Gasteiger partial charge in [-0.2, -0.15) is 0 Å². The highest BCUT2D eigenvalue weighted by molar-refractivity contribution is 6.31. The van der Waals surface area contributed by atoms with E-state index in [9.17, 15) is 4.79 Å². The summed E-state index contributed by atoms with van der Waals surface area (Å²) in [6.45, 7) is 2.72. The van der Waals surface area contributed by atoms with Crippen LogP contribution in [0.5, 0.6) is 11.5 Å². The highest BCUT2D eigenvalue weighted by atomic mass is 35.5. The molecule has 0 saturated carbocycles. The largest absolute Gasteiger partial charge is 0.493 e. The number of hydrogen-bond donors (Lipinski definition) is 0. The van der Waals surface area contributed by atoms with Gasteiger partial charge in [0.1, 0.15) is 5.82 Å². The third-order valence-corrected chi connectivity index (χ3v) is 5.99. The van der Waals surface area contributed by atoms with E-state index in [1.54, 1.807) is 20.4 Å². The molecule has 2 aromatic carbocycles. The zero-order valence-electron chi connectivity index (χ0n) is 20.1. The number of methoxy groups -OCH3 is 3. The third kappa shape index (κ3) is 6.20. The van der Waals surface area contributed by atoms with Crippen LogP contribution in [0.2, 0.25) is 5.02 Å². The van der Waals surface area contributed by atoms with E-state index in [0.717, 1.165) is 41.9 Å². The molecule has 3 aromatic rings. The lowest BCUT2D eigenvalue weighted by Crippen LogP contribution is -2.11. The highest BCUT2D eigenvalue weighted by Gasteiger charge is 2.16. The van der Waals surface area contributed by atoms with Gasteiger partial charge in [-0.15, -0.1) is 0 Å². The van der Waals surface area contributed by atoms with Gasteiger partial charge in [0.2, 0.25) is 0 Å². The van der Waals surface area contributed by atoms with Crippen LogP contribution < -0.4 is 9.47 Å². The van der Waals surface area contributed by atoms with Crippen LogP contribution in [-0.2, 0) is 28.9 Å². The SMILES string of the molecule is CCCCc1ncc(/C=C(\Cc2ccc(OC)c(OC)c2)C(=O)OC)n1Cc1ccccc1Cl. The number of rotatable bonds is 11. The molecule has 0 spiro atoms. The van der Waals surface area contributed by atoms with Crippen molar-refractivity contribution in [3.8, 4) is 11.5 Å². The molecule has 34 heavy (non-hydrogen) atoms. The Morgan fingerprint density at radius 3 is 2.53 bits per heavy atom. The van der Waals surface area contributed by atoms with Crippen LogP contribution in [0, 0.1) is 0 Å². The molecule has 1 heterocycles. The van der Waals surface area contributed by atoms with Crippen LogP contribution in [0.4, 0.5) is 0 Å². The van der Waals surface area contributed by atoms with Crippen molar-refractivity contribution in [2.45, 2.75) is 39.2 Å². The standard InChI is InChI=1S/C27H31ClN2O4/c1-5-6-11-26-29-17-22(30(26)18-20-9-7-8-10-23(20)28)16-21(27(31)34-4)14-19-12-13-24(32-2)25(15-19)33-3/h7-10,12-13,15-17H,5-6,11,14,18H2,1-4H3/b21-16+. The molecule has 0 amide bonds. The van der Waals surface area contributed by atoms with Crippen molar-refractivity contribution >= 4 is 23.6 Å². The Balaban J connectivity index is 2.01. The minimum atomic E-state index is -0.393. The van der Waals surface area contributed by atoms with Crippen LogP contribution in [-0.4, -0.2) is 36.8 Å². The minimum absolute atomic E-state index is 0.370. The molecule has 0 fully saturated rings. The average molecular weight is 483 g/mol. The van der Waals surface area contributed by atoms with Crippen molar-refractivity contribution in [1.82, 2.24) is 9.55 Å². The summed E-state index contributed by atoms with van der Waals surface area (Å²) in [5.41, 5.74) is 3.23. The number of aryl methyl sites for hydroxylation is 1. The van der Waals surface area contributed by atoms with Crippen LogP contribution in [0.3, 0.4) is 0 Å². The Kier molecular flexibility index (Phi) is 9.16. The molecule has 0 saturated heterocycles. The van der Waals surface area contributed by atoms with Crippen molar-refractivity contribution < 1.29 is 19.0 Å². The number of carbonyl (C=O) groups excluding carboxylic acids is 1. The lowest BCUT2D eigenvalue weighted by Gasteiger charge is -2.13. The first-order valence-electron chi connectivity index (χ1n) is 11.3. The zero-order chi connectivity index (χ0) is 24.5. The summed E-state index contributed by atoms with van der Waals surface area (Å²) in [7, 11) is 4.57. The summed E-state index contributed by atoms with van der Waals surface area (Å²) in [6, 6.07) is 13.4. The van der Waals surface area contributed by atoms with E-state index in [4.69, 9.17) is 25.8 Å². The molecular weight excluding hydrogens is 452 g/mol. The average Bonchev–Trinajstić information content (AvgIpc) is 3.23. The molecule has 0 aliphatic rings. The Hall–Kier alpha value is -3.25. The van der Waals surface area contributed by atoms with Crippen molar-refractivity contribution in [1.29, 1.82) is 0 Å². The van der Waals surface area contributed by atoms with Gasteiger partial charge in [0.15, 0.2) is 11.5 Å². The Labute approximate surface area is 206 Å². The van der Waals surface area contributed by atoms with Gasteiger partial charge in [0.25, 0.3) is 0 Å². The van der Waals surface area contributed by atoms with Crippen LogP contribution in [0.25, 0.3) is 6.08 Å². The number of hydrogen-bond acceptors (Lipinski definition) is 5. The Morgan fingerprint density at radius 1 is 1.09 bits per heavy atom. The van der Waals surface area contributed by atoms with Crippen molar-refractivity contribution in [3.63, 3.8) is 0 Å². The molecule has 0 radical (unpaired) electrons. The number of imidazole rings is 1. The number of unbranched alkanes of at least 4 members (excludes halogenated alkanes) is 1. The minimum Gasteiger partial charge on any atom is -0.493 e. The first kappa shape index (κ1) is 25.4. The first-order chi connectivity index (χ1) is 16.5. The predicted octanol–water partition coefficient (Wildman–Crippen LogP) is 5.74. The molecule has 0 aliphatic heterocycles. The van der Waals surface area contributed by atoms with Gasteiger partial charge in [0.05, 0.1) is 39.8 Å². The van der Waals surface area contributed by atoms with E-state index in [1.165, 1.54) is 7.11 Å². The van der Waals surface area contributed by atoms with Gasteiger partial charge in [-0.25, -0.2) is 9.78 Å². The number of halogens is 1. The predicted molar refractivity (Wildman–Crippen MR) is 135 cm³/mol. The van der Waals surface area contributed by atoms with Crippen molar-refractivity contribution in [2.75, 3.05) is 21.3 Å². The fraction of sp³-hybridized carbons (Fsp3) is 0.333. The van der Waals surface area contributed by atoms with Crippen LogP contribution in [0.1, 0.15) is 42.4 Å². The highest BCUT2D eigenvalue weighted by Crippen LogP contribution is 2.29. The first-order valence-corrected chi connectivity index (χ1v) is 11.7. The van der Waals surface area contributed by atoms with E-state index in [0.29, 0.717) is 35.1 Å². The summed E-state index contributed by atoms with van der Waals surface area (Å²) >= 11 is 6.44. The van der Waals surface area contributed by atoms with Gasteiger partial charge >= 0.3 is 5.97 Å². The molecule has 0 atom stereocenters. The molecule has 3 rings (SSSR count).